The Balaban J connectivity index is 2.15. The first-order chi connectivity index (χ1) is 9.15. The zero-order chi connectivity index (χ0) is 13.8. The summed E-state index contributed by atoms with van der Waals surface area (Å²) < 4.78 is 6.72. The Kier molecular flexibility index (Phi) is 3.71. The molecule has 5 heteroatoms. The van der Waals surface area contributed by atoms with Crippen molar-refractivity contribution in [1.82, 2.24) is 9.78 Å². The number of hydrogen-bond acceptors (Lipinski definition) is 4. The summed E-state index contributed by atoms with van der Waals surface area (Å²) in [5.41, 5.74) is 8.15. The van der Waals surface area contributed by atoms with Crippen LogP contribution in [0.2, 0.25) is 0 Å². The Hall–Kier alpha value is -2.48. The number of nitrogens with two attached hydrogens (primary N) is 1. The quantitative estimate of drug-likeness (QED) is 0.902. The maximum atomic E-state index is 9.09. The average Bonchev–Trinajstić information content (AvgIpc) is 2.71. The van der Waals surface area contributed by atoms with Gasteiger partial charge in [0.15, 0.2) is 0 Å². The lowest BCUT2D eigenvalue weighted by Crippen LogP contribution is -1.98. The van der Waals surface area contributed by atoms with Crippen molar-refractivity contribution in [3.8, 4) is 11.8 Å². The van der Waals surface area contributed by atoms with Crippen molar-refractivity contribution in [3.63, 3.8) is 0 Å². The van der Waals surface area contributed by atoms with E-state index in [-0.39, 0.29) is 0 Å². The minimum Gasteiger partial charge on any atom is -0.497 e. The van der Waals surface area contributed by atoms with Gasteiger partial charge in [-0.25, -0.2) is 0 Å². The molecule has 0 saturated carbocycles. The van der Waals surface area contributed by atoms with Crippen LogP contribution in [0.1, 0.15) is 16.8 Å². The van der Waals surface area contributed by atoms with Crippen LogP contribution in [-0.2, 0) is 19.9 Å². The molecular formula is C14H16N4O. The van der Waals surface area contributed by atoms with Crippen LogP contribution < -0.4 is 10.5 Å². The fourth-order valence-electron chi connectivity index (χ4n) is 1.98. The normalized spacial score (nSPS) is 10.2. The van der Waals surface area contributed by atoms with Gasteiger partial charge in [0.25, 0.3) is 0 Å². The van der Waals surface area contributed by atoms with Gasteiger partial charge in [-0.15, -0.1) is 0 Å². The zero-order valence-electron chi connectivity index (χ0n) is 11.1. The molecule has 0 saturated heterocycles. The molecule has 19 heavy (non-hydrogen) atoms. The molecule has 0 spiro atoms. The van der Waals surface area contributed by atoms with Crippen molar-refractivity contribution in [2.24, 2.45) is 7.05 Å². The summed E-state index contributed by atoms with van der Waals surface area (Å²) in [6.45, 7) is 0. The van der Waals surface area contributed by atoms with E-state index in [9.17, 15) is 0 Å². The van der Waals surface area contributed by atoms with Crippen LogP contribution in [-0.4, -0.2) is 16.9 Å². The molecule has 0 aliphatic heterocycles. The van der Waals surface area contributed by atoms with E-state index in [1.54, 1.807) is 18.8 Å². The second-order valence-electron chi connectivity index (χ2n) is 4.29. The number of benzene rings is 1. The molecule has 1 aromatic heterocycles. The fourth-order valence-corrected chi connectivity index (χ4v) is 1.98. The maximum absolute atomic E-state index is 9.09. The monoisotopic (exact) mass is 256 g/mol. The zero-order valence-corrected chi connectivity index (χ0v) is 11.1. The predicted octanol–water partition coefficient (Wildman–Crippen LogP) is 1.67. The molecule has 1 heterocycles. The Bertz CT molecular complexity index is 625. The summed E-state index contributed by atoms with van der Waals surface area (Å²) >= 11 is 0. The summed E-state index contributed by atoms with van der Waals surface area (Å²) in [4.78, 5) is 0. The molecule has 0 unspecified atom stereocenters. The number of aryl methyl sites for hydroxylation is 3. The van der Waals surface area contributed by atoms with Crippen LogP contribution in [0.15, 0.2) is 24.3 Å². The second kappa shape index (κ2) is 5.44. The molecule has 2 aromatic rings. The van der Waals surface area contributed by atoms with Gasteiger partial charge in [0.05, 0.1) is 12.8 Å². The number of nitrogens with zero attached hydrogens (tertiary/aromatic N) is 3. The highest BCUT2D eigenvalue weighted by molar-refractivity contribution is 5.52. The molecule has 0 bridgehead atoms. The highest BCUT2D eigenvalue weighted by Crippen LogP contribution is 2.18. The van der Waals surface area contributed by atoms with E-state index in [0.717, 1.165) is 23.4 Å². The van der Waals surface area contributed by atoms with Gasteiger partial charge in [-0.2, -0.15) is 10.4 Å². The van der Waals surface area contributed by atoms with Gasteiger partial charge >= 0.3 is 0 Å². The Morgan fingerprint density at radius 3 is 2.89 bits per heavy atom. The first kappa shape index (κ1) is 13.0. The van der Waals surface area contributed by atoms with Crippen LogP contribution in [0.3, 0.4) is 0 Å². The van der Waals surface area contributed by atoms with Crippen molar-refractivity contribution in [3.05, 3.63) is 41.1 Å². The van der Waals surface area contributed by atoms with Gasteiger partial charge in [-0.1, -0.05) is 12.1 Å². The maximum Gasteiger partial charge on any atom is 0.139 e. The average molecular weight is 256 g/mol. The summed E-state index contributed by atoms with van der Waals surface area (Å²) in [6, 6.07) is 9.98. The summed E-state index contributed by atoms with van der Waals surface area (Å²) in [6.07, 6.45) is 1.48. The lowest BCUT2D eigenvalue weighted by atomic mass is 10.1. The minimum absolute atomic E-state index is 0.420. The largest absolute Gasteiger partial charge is 0.497 e. The van der Waals surface area contributed by atoms with Gasteiger partial charge in [0, 0.05) is 7.05 Å². The summed E-state index contributed by atoms with van der Waals surface area (Å²) in [7, 11) is 3.39. The Morgan fingerprint density at radius 1 is 1.42 bits per heavy atom. The number of methoxy groups -OCH3 is 1. The lowest BCUT2D eigenvalue weighted by Gasteiger charge is -2.03. The van der Waals surface area contributed by atoms with Gasteiger partial charge < -0.3 is 10.5 Å². The van der Waals surface area contributed by atoms with Crippen LogP contribution >= 0.6 is 0 Å². The van der Waals surface area contributed by atoms with Gasteiger partial charge in [0.1, 0.15) is 23.2 Å². The number of nitriles is 1. The van der Waals surface area contributed by atoms with E-state index >= 15 is 0 Å². The molecule has 0 amide bonds. The first-order valence-corrected chi connectivity index (χ1v) is 6.00. The Morgan fingerprint density at radius 2 is 2.21 bits per heavy atom. The lowest BCUT2D eigenvalue weighted by molar-refractivity contribution is 0.414. The Labute approximate surface area is 112 Å². The molecule has 0 radical (unpaired) electrons. The number of hydrogen-bond donors (Lipinski definition) is 1. The number of nitrogen functional groups attached to an aromatic ring is 1. The van der Waals surface area contributed by atoms with E-state index in [2.05, 4.69) is 11.2 Å². The van der Waals surface area contributed by atoms with Crippen LogP contribution in [0.25, 0.3) is 0 Å². The van der Waals surface area contributed by atoms with E-state index in [1.165, 1.54) is 0 Å². The van der Waals surface area contributed by atoms with Crippen molar-refractivity contribution < 1.29 is 4.74 Å². The summed E-state index contributed by atoms with van der Waals surface area (Å²) in [5.74, 6) is 1.25. The minimum atomic E-state index is 0.420. The van der Waals surface area contributed by atoms with Crippen LogP contribution in [0, 0.1) is 11.3 Å². The molecule has 0 aliphatic carbocycles. The molecule has 98 valence electrons. The molecule has 0 atom stereocenters. The molecule has 2 rings (SSSR count). The fraction of sp³-hybridized carbons (Fsp3) is 0.286. The topological polar surface area (TPSA) is 76.9 Å². The SMILES string of the molecule is COc1cccc(CCc2nn(C)c(N)c2C#N)c1. The van der Waals surface area contributed by atoms with E-state index in [4.69, 9.17) is 15.7 Å². The number of anilines is 1. The van der Waals surface area contributed by atoms with Crippen LogP contribution in [0.4, 0.5) is 5.82 Å². The molecule has 5 nitrogen and oxygen atoms in total. The van der Waals surface area contributed by atoms with Gasteiger partial charge in [-0.3, -0.25) is 4.68 Å². The first-order valence-electron chi connectivity index (χ1n) is 6.00. The molecule has 0 aliphatic rings. The highest BCUT2D eigenvalue weighted by atomic mass is 16.5. The van der Waals surface area contributed by atoms with E-state index < -0.39 is 0 Å². The number of ether oxygens (including phenoxy) is 1. The third-order valence-electron chi connectivity index (χ3n) is 3.06. The van der Waals surface area contributed by atoms with Crippen LogP contribution in [0.5, 0.6) is 5.75 Å². The van der Waals surface area contributed by atoms with Crippen molar-refractivity contribution in [2.45, 2.75) is 12.8 Å². The van der Waals surface area contributed by atoms with Gasteiger partial charge in [0.2, 0.25) is 0 Å². The molecular weight excluding hydrogens is 240 g/mol. The molecule has 2 N–H and O–H groups in total. The third kappa shape index (κ3) is 2.68. The second-order valence-corrected chi connectivity index (χ2v) is 4.29. The van der Waals surface area contributed by atoms with Crippen molar-refractivity contribution >= 4 is 5.82 Å². The number of aromatic nitrogens is 2. The van der Waals surface area contributed by atoms with E-state index in [1.807, 2.05) is 24.3 Å². The summed E-state index contributed by atoms with van der Waals surface area (Å²) in [5, 5.41) is 13.4. The van der Waals surface area contributed by atoms with Crippen molar-refractivity contribution in [2.75, 3.05) is 12.8 Å². The smallest absolute Gasteiger partial charge is 0.139 e. The highest BCUT2D eigenvalue weighted by Gasteiger charge is 2.13. The molecule has 0 fully saturated rings. The standard InChI is InChI=1S/C14H16N4O/c1-18-14(16)12(9-15)13(17-18)7-6-10-4-3-5-11(8-10)19-2/h3-5,8H,6-7,16H2,1-2H3. The van der Waals surface area contributed by atoms with E-state index in [0.29, 0.717) is 17.8 Å². The molecule has 1 aromatic carbocycles. The predicted molar refractivity (Wildman–Crippen MR) is 72.7 cm³/mol. The van der Waals surface area contributed by atoms with Gasteiger partial charge in [-0.05, 0) is 30.5 Å². The number of rotatable bonds is 4. The third-order valence-corrected chi connectivity index (χ3v) is 3.06. The van der Waals surface area contributed by atoms with Crippen molar-refractivity contribution in [1.29, 1.82) is 5.26 Å².